The van der Waals surface area contributed by atoms with Crippen molar-refractivity contribution in [1.29, 1.82) is 0 Å². The Labute approximate surface area is 237 Å². The van der Waals surface area contributed by atoms with Crippen molar-refractivity contribution in [2.45, 2.75) is 57.8 Å². The van der Waals surface area contributed by atoms with E-state index < -0.39 is 24.0 Å². The number of aliphatic hydroxyl groups excluding tert-OH is 1. The number of aliphatic hydroxyl groups is 1. The molecule has 5 rings (SSSR count). The topological polar surface area (TPSA) is 80.6 Å². The lowest BCUT2D eigenvalue weighted by molar-refractivity contribution is -0.160. The van der Waals surface area contributed by atoms with Crippen molar-refractivity contribution in [3.8, 4) is 22.3 Å². The third kappa shape index (κ3) is 6.23. The van der Waals surface area contributed by atoms with Gasteiger partial charge in [-0.05, 0) is 74.2 Å². The molecule has 2 N–H and O–H groups in total. The molecule has 1 aliphatic rings. The van der Waals surface area contributed by atoms with Crippen LogP contribution in [0.25, 0.3) is 22.3 Å². The maximum Gasteiger partial charge on any atom is 0.308 e. The first-order valence-electron chi connectivity index (χ1n) is 13.7. The van der Waals surface area contributed by atoms with Gasteiger partial charge in [0.1, 0.15) is 23.4 Å². The molecule has 3 aromatic carbocycles. The van der Waals surface area contributed by atoms with E-state index in [9.17, 15) is 23.5 Å². The molecule has 0 saturated carbocycles. The van der Waals surface area contributed by atoms with Gasteiger partial charge in [-0.3, -0.25) is 9.59 Å². The molecule has 8 heteroatoms. The fraction of sp³-hybridized carbons (Fsp3) is 0.273. The van der Waals surface area contributed by atoms with Crippen LogP contribution in [0.15, 0.2) is 78.9 Å². The first kappa shape index (κ1) is 28.2. The lowest BCUT2D eigenvalue weighted by atomic mass is 9.92. The van der Waals surface area contributed by atoms with E-state index in [1.165, 1.54) is 36.4 Å². The van der Waals surface area contributed by atoms with Crippen molar-refractivity contribution in [3.63, 3.8) is 0 Å². The van der Waals surface area contributed by atoms with E-state index in [-0.39, 0.29) is 24.2 Å². The van der Waals surface area contributed by atoms with E-state index in [2.05, 4.69) is 5.32 Å². The van der Waals surface area contributed by atoms with E-state index in [4.69, 9.17) is 4.74 Å². The largest absolute Gasteiger partial charge is 0.462 e. The molecule has 1 aromatic heterocycles. The van der Waals surface area contributed by atoms with Crippen molar-refractivity contribution in [1.82, 2.24) is 4.57 Å². The quantitative estimate of drug-likeness (QED) is 0.230. The Hall–Kier alpha value is -4.30. The van der Waals surface area contributed by atoms with Crippen LogP contribution in [-0.4, -0.2) is 33.8 Å². The Morgan fingerprint density at radius 1 is 0.951 bits per heavy atom. The summed E-state index contributed by atoms with van der Waals surface area (Å²) in [6.45, 7) is 3.96. The van der Waals surface area contributed by atoms with Crippen LogP contribution in [-0.2, 0) is 16.0 Å². The Bertz CT molecular complexity index is 1530. The maximum atomic E-state index is 14.1. The molecular weight excluding hydrogens is 526 g/mol. The highest BCUT2D eigenvalue weighted by Crippen LogP contribution is 2.43. The Morgan fingerprint density at radius 3 is 2.17 bits per heavy atom. The number of esters is 1. The summed E-state index contributed by atoms with van der Waals surface area (Å²) in [7, 11) is 0. The number of ether oxygens (including phenoxy) is 1. The molecule has 6 nitrogen and oxygen atoms in total. The molecule has 41 heavy (non-hydrogen) atoms. The van der Waals surface area contributed by atoms with Crippen LogP contribution in [0, 0.1) is 11.6 Å². The lowest BCUT2D eigenvalue weighted by Crippen LogP contribution is -2.33. The van der Waals surface area contributed by atoms with Crippen LogP contribution in [0.1, 0.15) is 55.3 Å². The second-order valence-electron chi connectivity index (χ2n) is 10.6. The van der Waals surface area contributed by atoms with Gasteiger partial charge in [0, 0.05) is 35.0 Å². The number of halogens is 2. The summed E-state index contributed by atoms with van der Waals surface area (Å²) in [6.07, 6.45) is -0.0546. The zero-order valence-electron chi connectivity index (χ0n) is 22.9. The third-order valence-electron chi connectivity index (χ3n) is 7.27. The highest BCUT2D eigenvalue weighted by atomic mass is 19.1. The summed E-state index contributed by atoms with van der Waals surface area (Å²) >= 11 is 0. The number of amides is 1. The fourth-order valence-corrected chi connectivity index (χ4v) is 5.55. The molecule has 0 radical (unpaired) electrons. The summed E-state index contributed by atoms with van der Waals surface area (Å²) in [5.74, 6) is -1.60. The van der Waals surface area contributed by atoms with Crippen molar-refractivity contribution in [2.24, 2.45) is 0 Å². The average Bonchev–Trinajstić information content (AvgIpc) is 3.29. The number of nitrogens with one attached hydrogen (secondary N) is 1. The molecule has 212 valence electrons. The number of carbonyl (C=O) groups excluding carboxylic acids is 2. The van der Waals surface area contributed by atoms with Gasteiger partial charge >= 0.3 is 5.97 Å². The van der Waals surface area contributed by atoms with E-state index in [1.54, 1.807) is 12.1 Å². The molecule has 2 atom stereocenters. The highest BCUT2D eigenvalue weighted by molar-refractivity contribution is 6.11. The SMILES string of the molecule is CC(C)n1c(CCC2C[C@@H](O)CC(=O)O2)c(-c2ccc(F)cc2)c(-c2ccccc2)c1C(=O)Nc1ccc(F)cc1. The molecule has 0 bridgehead atoms. The van der Waals surface area contributed by atoms with E-state index in [0.717, 1.165) is 22.4 Å². The minimum atomic E-state index is -0.758. The number of benzene rings is 3. The van der Waals surface area contributed by atoms with Gasteiger partial charge in [-0.2, -0.15) is 0 Å². The standard InChI is InChI=1S/C33H32F2N2O4/c1-20(2)37-28(17-16-27-18-26(38)19-29(39)41-27)30(22-8-10-23(34)11-9-22)31(21-6-4-3-5-7-21)32(37)33(40)36-25-14-12-24(35)13-15-25/h3-15,20,26-27,38H,16-19H2,1-2H3,(H,36,40)/t26-,27?/m1/s1. The van der Waals surface area contributed by atoms with Gasteiger partial charge in [0.05, 0.1) is 12.5 Å². The van der Waals surface area contributed by atoms with Crippen molar-refractivity contribution < 1.29 is 28.2 Å². The van der Waals surface area contributed by atoms with Crippen molar-refractivity contribution >= 4 is 17.6 Å². The monoisotopic (exact) mass is 558 g/mol. The summed E-state index contributed by atoms with van der Waals surface area (Å²) < 4.78 is 35.1. The molecule has 1 fully saturated rings. The molecule has 4 aromatic rings. The maximum absolute atomic E-state index is 14.1. The van der Waals surface area contributed by atoms with Crippen LogP contribution < -0.4 is 5.32 Å². The number of aromatic nitrogens is 1. The van der Waals surface area contributed by atoms with E-state index >= 15 is 0 Å². The summed E-state index contributed by atoms with van der Waals surface area (Å²) in [4.78, 5) is 26.1. The number of cyclic esters (lactones) is 1. The molecule has 0 aliphatic carbocycles. The number of hydrogen-bond donors (Lipinski definition) is 2. The number of rotatable bonds is 8. The summed E-state index contributed by atoms with van der Waals surface area (Å²) in [6, 6.07) is 21.1. The zero-order valence-corrected chi connectivity index (χ0v) is 22.9. The number of hydrogen-bond acceptors (Lipinski definition) is 4. The third-order valence-corrected chi connectivity index (χ3v) is 7.27. The molecular formula is C33H32F2N2O4. The van der Waals surface area contributed by atoms with Crippen LogP contribution in [0.3, 0.4) is 0 Å². The van der Waals surface area contributed by atoms with Gasteiger partial charge in [-0.25, -0.2) is 8.78 Å². The second-order valence-corrected chi connectivity index (χ2v) is 10.6. The number of anilines is 1. The Morgan fingerprint density at radius 2 is 1.56 bits per heavy atom. The van der Waals surface area contributed by atoms with E-state index in [0.29, 0.717) is 36.2 Å². The van der Waals surface area contributed by atoms with Crippen LogP contribution in [0.2, 0.25) is 0 Å². The van der Waals surface area contributed by atoms with Gasteiger partial charge < -0.3 is 19.7 Å². The first-order valence-corrected chi connectivity index (χ1v) is 13.7. The van der Waals surface area contributed by atoms with Gasteiger partial charge in [0.15, 0.2) is 0 Å². The Kier molecular flexibility index (Phi) is 8.31. The molecule has 1 unspecified atom stereocenters. The van der Waals surface area contributed by atoms with Crippen LogP contribution >= 0.6 is 0 Å². The second kappa shape index (κ2) is 12.1. The molecule has 1 aliphatic heterocycles. The summed E-state index contributed by atoms with van der Waals surface area (Å²) in [5, 5.41) is 13.1. The smallest absolute Gasteiger partial charge is 0.308 e. The predicted octanol–water partition coefficient (Wildman–Crippen LogP) is 6.93. The Balaban J connectivity index is 1.70. The molecule has 1 saturated heterocycles. The van der Waals surface area contributed by atoms with Gasteiger partial charge in [-0.15, -0.1) is 0 Å². The van der Waals surface area contributed by atoms with Crippen molar-refractivity contribution in [3.05, 3.63) is 102 Å². The molecule has 1 amide bonds. The highest BCUT2D eigenvalue weighted by Gasteiger charge is 2.32. The predicted molar refractivity (Wildman–Crippen MR) is 153 cm³/mol. The lowest BCUT2D eigenvalue weighted by Gasteiger charge is -2.26. The minimum Gasteiger partial charge on any atom is -0.462 e. The normalized spacial score (nSPS) is 17.0. The van der Waals surface area contributed by atoms with Gasteiger partial charge in [0.25, 0.3) is 5.91 Å². The zero-order chi connectivity index (χ0) is 29.1. The van der Waals surface area contributed by atoms with Gasteiger partial charge in [0.2, 0.25) is 0 Å². The molecule has 0 spiro atoms. The molecule has 2 heterocycles. The minimum absolute atomic E-state index is 0.0223. The van der Waals surface area contributed by atoms with E-state index in [1.807, 2.05) is 48.7 Å². The van der Waals surface area contributed by atoms with Crippen LogP contribution in [0.5, 0.6) is 0 Å². The van der Waals surface area contributed by atoms with Crippen LogP contribution in [0.4, 0.5) is 14.5 Å². The number of carbonyl (C=O) groups is 2. The fourth-order valence-electron chi connectivity index (χ4n) is 5.55. The average molecular weight is 559 g/mol. The van der Waals surface area contributed by atoms with Gasteiger partial charge in [-0.1, -0.05) is 42.5 Å². The first-order chi connectivity index (χ1) is 19.7. The van der Waals surface area contributed by atoms with Crippen molar-refractivity contribution in [2.75, 3.05) is 5.32 Å². The summed E-state index contributed by atoms with van der Waals surface area (Å²) in [5.41, 5.74) is 4.67. The number of nitrogens with zero attached hydrogens (tertiary/aromatic N) is 1.